The Morgan fingerprint density at radius 1 is 1.35 bits per heavy atom. The Morgan fingerprint density at radius 3 is 2.35 bits per heavy atom. The molecule has 0 aromatic carbocycles. The van der Waals surface area contributed by atoms with Crippen molar-refractivity contribution >= 4 is 7.60 Å². The van der Waals surface area contributed by atoms with Crippen LogP contribution in [0.15, 0.2) is 23.2 Å². The summed E-state index contributed by atoms with van der Waals surface area (Å²) in [4.78, 5) is 0. The average molecular weight is 260 g/mol. The molecule has 1 aliphatic rings. The van der Waals surface area contributed by atoms with Gasteiger partial charge in [0.2, 0.25) is 0 Å². The van der Waals surface area contributed by atoms with E-state index in [1.54, 1.807) is 26.0 Å². The molecule has 0 saturated heterocycles. The first-order valence-corrected chi connectivity index (χ1v) is 7.41. The molecule has 5 heteroatoms. The second kappa shape index (κ2) is 5.38. The average Bonchev–Trinajstić information content (AvgIpc) is 2.22. The van der Waals surface area contributed by atoms with Gasteiger partial charge in [0.1, 0.15) is 11.1 Å². The molecular formula is C12H21O4P. The van der Waals surface area contributed by atoms with E-state index in [1.165, 1.54) is 0 Å². The molecule has 0 aromatic heterocycles. The van der Waals surface area contributed by atoms with E-state index in [0.717, 1.165) is 0 Å². The van der Waals surface area contributed by atoms with Gasteiger partial charge in [-0.1, -0.05) is 19.9 Å². The van der Waals surface area contributed by atoms with Crippen LogP contribution in [0.3, 0.4) is 0 Å². The maximum Gasteiger partial charge on any atom is 0.364 e. The van der Waals surface area contributed by atoms with Crippen molar-refractivity contribution in [3.8, 4) is 0 Å². The second-order valence-corrected chi connectivity index (χ2v) is 6.64. The summed E-state index contributed by atoms with van der Waals surface area (Å²) in [7, 11) is -3.39. The summed E-state index contributed by atoms with van der Waals surface area (Å²) in [5.74, 6) is 0.00885. The second-order valence-electron chi connectivity index (χ2n) is 4.64. The fourth-order valence-electron chi connectivity index (χ4n) is 1.70. The predicted molar refractivity (Wildman–Crippen MR) is 68.1 cm³/mol. The maximum atomic E-state index is 12.6. The standard InChI is InChI=1S/C12H21O4P/c1-5-15-17(14,16-6-2)11-9-12(3,4)8-7-10(11)13/h7,9,13H,5-6,8H2,1-4H3. The first-order valence-electron chi connectivity index (χ1n) is 5.86. The lowest BCUT2D eigenvalue weighted by molar-refractivity contribution is 0.223. The van der Waals surface area contributed by atoms with E-state index < -0.39 is 7.60 Å². The van der Waals surface area contributed by atoms with E-state index >= 15 is 0 Å². The molecule has 0 fully saturated rings. The summed E-state index contributed by atoms with van der Waals surface area (Å²) in [6, 6.07) is 0. The third-order valence-corrected chi connectivity index (χ3v) is 4.65. The first kappa shape index (κ1) is 14.5. The molecule has 0 aromatic rings. The molecule has 0 radical (unpaired) electrons. The van der Waals surface area contributed by atoms with E-state index in [4.69, 9.17) is 9.05 Å². The number of aliphatic hydroxyl groups excluding tert-OH is 1. The molecule has 17 heavy (non-hydrogen) atoms. The van der Waals surface area contributed by atoms with Gasteiger partial charge >= 0.3 is 7.60 Å². The minimum atomic E-state index is -3.39. The Bertz CT molecular complexity index is 372. The molecule has 0 unspecified atom stereocenters. The summed E-state index contributed by atoms with van der Waals surface area (Å²) < 4.78 is 23.0. The minimum absolute atomic E-state index is 0.00885. The Labute approximate surface area is 103 Å². The van der Waals surface area contributed by atoms with Crippen molar-refractivity contribution in [2.45, 2.75) is 34.1 Å². The molecule has 0 bridgehead atoms. The summed E-state index contributed by atoms with van der Waals surface area (Å²) in [5.41, 5.74) is -0.147. The SMILES string of the molecule is CCOP(=O)(OCC)C1=CC(C)(C)CC=C1O. The number of aliphatic hydroxyl groups is 1. The Hall–Kier alpha value is -0.570. The smallest absolute Gasteiger partial charge is 0.364 e. The van der Waals surface area contributed by atoms with Gasteiger partial charge in [0, 0.05) is 0 Å². The largest absolute Gasteiger partial charge is 0.507 e. The summed E-state index contributed by atoms with van der Waals surface area (Å²) in [6.07, 6.45) is 4.16. The molecule has 0 aliphatic heterocycles. The van der Waals surface area contributed by atoms with Crippen LogP contribution in [0.5, 0.6) is 0 Å². The van der Waals surface area contributed by atoms with Crippen molar-refractivity contribution in [1.29, 1.82) is 0 Å². The van der Waals surface area contributed by atoms with Gasteiger partial charge in [-0.15, -0.1) is 0 Å². The van der Waals surface area contributed by atoms with Crippen LogP contribution in [0.4, 0.5) is 0 Å². The van der Waals surface area contributed by atoms with Crippen LogP contribution in [0.1, 0.15) is 34.1 Å². The first-order chi connectivity index (χ1) is 7.84. The van der Waals surface area contributed by atoms with Gasteiger partial charge in [-0.25, -0.2) is 0 Å². The Kier molecular flexibility index (Phi) is 4.59. The molecule has 98 valence electrons. The third kappa shape index (κ3) is 3.44. The van der Waals surface area contributed by atoms with Gasteiger partial charge in [0.15, 0.2) is 0 Å². The summed E-state index contributed by atoms with van der Waals surface area (Å²) in [5, 5.41) is 10.1. The highest BCUT2D eigenvalue weighted by atomic mass is 31.2. The van der Waals surface area contributed by atoms with Gasteiger partial charge in [-0.05, 0) is 31.8 Å². The van der Waals surface area contributed by atoms with Crippen LogP contribution in [-0.4, -0.2) is 18.3 Å². The number of hydrogen-bond donors (Lipinski definition) is 1. The van der Waals surface area contributed by atoms with E-state index in [1.807, 2.05) is 13.8 Å². The van der Waals surface area contributed by atoms with Gasteiger partial charge in [0.25, 0.3) is 0 Å². The summed E-state index contributed by atoms with van der Waals surface area (Å²) >= 11 is 0. The van der Waals surface area contributed by atoms with Crippen molar-refractivity contribution < 1.29 is 18.7 Å². The van der Waals surface area contributed by atoms with Crippen LogP contribution in [-0.2, 0) is 13.6 Å². The molecule has 0 amide bonds. The molecule has 1 rings (SSSR count). The molecular weight excluding hydrogens is 239 g/mol. The molecule has 0 heterocycles. The zero-order valence-electron chi connectivity index (χ0n) is 10.9. The molecule has 0 saturated carbocycles. The molecule has 0 spiro atoms. The minimum Gasteiger partial charge on any atom is -0.507 e. The van der Waals surface area contributed by atoms with E-state index in [2.05, 4.69) is 0 Å². The quantitative estimate of drug-likeness (QED) is 0.759. The Morgan fingerprint density at radius 2 is 1.88 bits per heavy atom. The van der Waals surface area contributed by atoms with Crippen molar-refractivity contribution in [2.24, 2.45) is 5.41 Å². The van der Waals surface area contributed by atoms with Crippen LogP contribution < -0.4 is 0 Å². The molecule has 4 nitrogen and oxygen atoms in total. The van der Waals surface area contributed by atoms with Crippen molar-refractivity contribution in [2.75, 3.05) is 13.2 Å². The normalized spacial score (nSPS) is 19.8. The monoisotopic (exact) mass is 260 g/mol. The van der Waals surface area contributed by atoms with E-state index in [-0.39, 0.29) is 29.7 Å². The highest BCUT2D eigenvalue weighted by molar-refractivity contribution is 7.58. The molecule has 1 N–H and O–H groups in total. The van der Waals surface area contributed by atoms with Gasteiger partial charge in [-0.2, -0.15) is 0 Å². The maximum absolute atomic E-state index is 12.6. The van der Waals surface area contributed by atoms with Crippen molar-refractivity contribution in [1.82, 2.24) is 0 Å². The lowest BCUT2D eigenvalue weighted by Crippen LogP contribution is -2.14. The lowest BCUT2D eigenvalue weighted by Gasteiger charge is -2.28. The predicted octanol–water partition coefficient (Wildman–Crippen LogP) is 4.01. The van der Waals surface area contributed by atoms with Crippen molar-refractivity contribution in [3.05, 3.63) is 23.2 Å². The topological polar surface area (TPSA) is 55.8 Å². The number of allylic oxidation sites excluding steroid dienone is 3. The van der Waals surface area contributed by atoms with Crippen molar-refractivity contribution in [3.63, 3.8) is 0 Å². The van der Waals surface area contributed by atoms with E-state index in [9.17, 15) is 9.67 Å². The van der Waals surface area contributed by atoms with Gasteiger partial charge < -0.3 is 14.2 Å². The fourth-order valence-corrected chi connectivity index (χ4v) is 3.61. The number of hydrogen-bond acceptors (Lipinski definition) is 4. The van der Waals surface area contributed by atoms with Gasteiger partial charge in [-0.3, -0.25) is 4.57 Å². The zero-order chi connectivity index (χ0) is 13.1. The highest BCUT2D eigenvalue weighted by Crippen LogP contribution is 2.60. The van der Waals surface area contributed by atoms with Crippen LogP contribution in [0, 0.1) is 5.41 Å². The fraction of sp³-hybridized carbons (Fsp3) is 0.667. The third-order valence-electron chi connectivity index (χ3n) is 2.50. The Balaban J connectivity index is 3.13. The van der Waals surface area contributed by atoms with Crippen LogP contribution in [0.25, 0.3) is 0 Å². The van der Waals surface area contributed by atoms with Crippen LogP contribution >= 0.6 is 7.60 Å². The van der Waals surface area contributed by atoms with E-state index in [0.29, 0.717) is 6.42 Å². The lowest BCUT2D eigenvalue weighted by atomic mass is 9.86. The molecule has 1 aliphatic carbocycles. The number of rotatable bonds is 5. The zero-order valence-corrected chi connectivity index (χ0v) is 11.8. The van der Waals surface area contributed by atoms with Gasteiger partial charge in [0.05, 0.1) is 13.2 Å². The summed E-state index contributed by atoms with van der Waals surface area (Å²) in [6.45, 7) is 8.09. The van der Waals surface area contributed by atoms with Crippen LogP contribution in [0.2, 0.25) is 0 Å². The highest BCUT2D eigenvalue weighted by Gasteiger charge is 2.36. The molecule has 0 atom stereocenters.